The molecule has 0 N–H and O–H groups in total. The van der Waals surface area contributed by atoms with E-state index in [1.807, 2.05) is 0 Å². The average molecular weight is 208 g/mol. The van der Waals surface area contributed by atoms with Crippen molar-refractivity contribution in [3.05, 3.63) is 0 Å². The van der Waals surface area contributed by atoms with E-state index in [4.69, 9.17) is 0 Å². The van der Waals surface area contributed by atoms with E-state index in [0.29, 0.717) is 0 Å². The number of Topliss-reactive ketones (excluding diaryl/α,β-unsaturated/α-hetero) is 2. The van der Waals surface area contributed by atoms with Gasteiger partial charge in [-0.3, -0.25) is 9.59 Å². The van der Waals surface area contributed by atoms with Crippen LogP contribution in [0, 0.1) is 0 Å². The Morgan fingerprint density at radius 1 is 1.12 bits per heavy atom. The third-order valence-electron chi connectivity index (χ3n) is 0.498. The molecule has 50 valence electrons. The van der Waals surface area contributed by atoms with Crippen molar-refractivity contribution in [3.8, 4) is 0 Å². The van der Waals surface area contributed by atoms with Gasteiger partial charge < -0.3 is 0 Å². The SMILES string of the molecule is CC(=O)CC(C)=O.[Ag+]. The number of rotatable bonds is 2. The van der Waals surface area contributed by atoms with Crippen molar-refractivity contribution in [2.24, 2.45) is 0 Å². The summed E-state index contributed by atoms with van der Waals surface area (Å²) in [5.41, 5.74) is 0. The second kappa shape index (κ2) is 5.22. The van der Waals surface area contributed by atoms with Crippen molar-refractivity contribution in [1.29, 1.82) is 0 Å². The van der Waals surface area contributed by atoms with Crippen LogP contribution in [0.15, 0.2) is 0 Å². The molecule has 0 heterocycles. The standard InChI is InChI=1S/C5H8O2.Ag/c1-4(6)3-5(2)7;/h3H2,1-2H3;/q;+1. The van der Waals surface area contributed by atoms with Crippen LogP contribution < -0.4 is 0 Å². The van der Waals surface area contributed by atoms with Gasteiger partial charge in [0.1, 0.15) is 11.6 Å². The fourth-order valence-electron chi connectivity index (χ4n) is 0.351. The summed E-state index contributed by atoms with van der Waals surface area (Å²) in [6, 6.07) is 0. The molecule has 2 nitrogen and oxygen atoms in total. The first-order chi connectivity index (χ1) is 3.13. The van der Waals surface area contributed by atoms with Crippen LogP contribution in [0.25, 0.3) is 0 Å². The minimum atomic E-state index is -0.0625. The predicted octanol–water partition coefficient (Wildman–Crippen LogP) is 0.552. The summed E-state index contributed by atoms with van der Waals surface area (Å²) >= 11 is 0. The van der Waals surface area contributed by atoms with Crippen molar-refractivity contribution in [2.75, 3.05) is 0 Å². The van der Waals surface area contributed by atoms with E-state index in [0.717, 1.165) is 0 Å². The van der Waals surface area contributed by atoms with Gasteiger partial charge in [0, 0.05) is 0 Å². The van der Waals surface area contributed by atoms with E-state index in [-0.39, 0.29) is 40.4 Å². The molecule has 0 unspecified atom stereocenters. The molecular formula is C5H8AgO2+. The molecule has 0 bridgehead atoms. The molecular weight excluding hydrogens is 200 g/mol. The van der Waals surface area contributed by atoms with Crippen LogP contribution in [0.1, 0.15) is 20.3 Å². The van der Waals surface area contributed by atoms with E-state index in [1.165, 1.54) is 13.8 Å². The molecule has 0 amide bonds. The number of carbonyl (C=O) groups is 2. The van der Waals surface area contributed by atoms with Crippen LogP contribution >= 0.6 is 0 Å². The van der Waals surface area contributed by atoms with Gasteiger partial charge in [-0.1, -0.05) is 0 Å². The molecule has 0 aromatic carbocycles. The molecule has 0 radical (unpaired) electrons. The summed E-state index contributed by atoms with van der Waals surface area (Å²) in [6.45, 7) is 2.81. The molecule has 0 aromatic heterocycles. The van der Waals surface area contributed by atoms with Crippen LogP contribution in [0.2, 0.25) is 0 Å². The molecule has 0 aliphatic rings. The summed E-state index contributed by atoms with van der Waals surface area (Å²) in [5.74, 6) is -0.125. The third kappa shape index (κ3) is 9.43. The molecule has 0 fully saturated rings. The van der Waals surface area contributed by atoms with Crippen molar-refractivity contribution >= 4 is 11.6 Å². The molecule has 0 spiro atoms. The second-order valence-corrected chi connectivity index (χ2v) is 1.58. The van der Waals surface area contributed by atoms with Gasteiger partial charge in [-0.2, -0.15) is 0 Å². The maximum Gasteiger partial charge on any atom is 1.00 e. The predicted molar refractivity (Wildman–Crippen MR) is 26.0 cm³/mol. The van der Waals surface area contributed by atoms with Crippen LogP contribution in [0.5, 0.6) is 0 Å². The quantitative estimate of drug-likeness (QED) is 0.490. The van der Waals surface area contributed by atoms with Gasteiger partial charge in [-0.05, 0) is 13.8 Å². The Labute approximate surface area is 64.2 Å². The summed E-state index contributed by atoms with van der Waals surface area (Å²) < 4.78 is 0. The van der Waals surface area contributed by atoms with Crippen LogP contribution in [-0.4, -0.2) is 11.6 Å². The Kier molecular flexibility index (Phi) is 7.15. The van der Waals surface area contributed by atoms with Crippen molar-refractivity contribution in [2.45, 2.75) is 20.3 Å². The zero-order valence-corrected chi connectivity index (χ0v) is 6.31. The number of carbonyl (C=O) groups excluding carboxylic acids is 2. The number of ketones is 2. The van der Waals surface area contributed by atoms with E-state index in [1.54, 1.807) is 0 Å². The maximum atomic E-state index is 10.0. The van der Waals surface area contributed by atoms with Gasteiger partial charge >= 0.3 is 22.4 Å². The molecule has 0 atom stereocenters. The van der Waals surface area contributed by atoms with E-state index in [9.17, 15) is 9.59 Å². The minimum absolute atomic E-state index is 0. The van der Waals surface area contributed by atoms with Gasteiger partial charge in [0.2, 0.25) is 0 Å². The first-order valence-corrected chi connectivity index (χ1v) is 2.12. The Hall–Kier alpha value is 0.0803. The van der Waals surface area contributed by atoms with E-state index >= 15 is 0 Å². The van der Waals surface area contributed by atoms with E-state index in [2.05, 4.69) is 0 Å². The molecule has 0 rings (SSSR count). The second-order valence-electron chi connectivity index (χ2n) is 1.58. The topological polar surface area (TPSA) is 34.1 Å². The average Bonchev–Trinajstić information content (AvgIpc) is 1.27. The Morgan fingerprint density at radius 2 is 1.38 bits per heavy atom. The molecule has 0 aromatic rings. The van der Waals surface area contributed by atoms with Gasteiger partial charge in [-0.25, -0.2) is 0 Å². The summed E-state index contributed by atoms with van der Waals surface area (Å²) in [5, 5.41) is 0. The van der Waals surface area contributed by atoms with Crippen LogP contribution in [0.3, 0.4) is 0 Å². The molecule has 0 saturated carbocycles. The fourth-order valence-corrected chi connectivity index (χ4v) is 0.351. The van der Waals surface area contributed by atoms with E-state index < -0.39 is 0 Å². The fraction of sp³-hybridized carbons (Fsp3) is 0.600. The van der Waals surface area contributed by atoms with Crippen molar-refractivity contribution < 1.29 is 32.0 Å². The van der Waals surface area contributed by atoms with Gasteiger partial charge in [0.05, 0.1) is 6.42 Å². The Balaban J connectivity index is 0. The zero-order valence-electron chi connectivity index (χ0n) is 4.83. The van der Waals surface area contributed by atoms with Crippen LogP contribution in [0.4, 0.5) is 0 Å². The van der Waals surface area contributed by atoms with Crippen molar-refractivity contribution in [3.63, 3.8) is 0 Å². The normalized spacial score (nSPS) is 7.25. The zero-order chi connectivity index (χ0) is 5.86. The first-order valence-electron chi connectivity index (χ1n) is 2.12. The molecule has 0 saturated heterocycles. The first kappa shape index (κ1) is 11.0. The summed E-state index contributed by atoms with van der Waals surface area (Å²) in [4.78, 5) is 20.1. The van der Waals surface area contributed by atoms with Gasteiger partial charge in [-0.15, -0.1) is 0 Å². The monoisotopic (exact) mass is 207 g/mol. The molecule has 0 aliphatic carbocycles. The van der Waals surface area contributed by atoms with Crippen LogP contribution in [-0.2, 0) is 32.0 Å². The van der Waals surface area contributed by atoms with Crippen molar-refractivity contribution in [1.82, 2.24) is 0 Å². The smallest absolute Gasteiger partial charge is 0.300 e. The summed E-state index contributed by atoms with van der Waals surface area (Å²) in [7, 11) is 0. The summed E-state index contributed by atoms with van der Waals surface area (Å²) in [6.07, 6.45) is 0.0833. The minimum Gasteiger partial charge on any atom is -0.300 e. The number of hydrogen-bond acceptors (Lipinski definition) is 2. The maximum absolute atomic E-state index is 10.0. The Morgan fingerprint density at radius 3 is 1.38 bits per heavy atom. The Bertz CT molecular complexity index is 86.6. The number of hydrogen-bond donors (Lipinski definition) is 0. The molecule has 8 heavy (non-hydrogen) atoms. The van der Waals surface area contributed by atoms with Gasteiger partial charge in [0.25, 0.3) is 0 Å². The third-order valence-corrected chi connectivity index (χ3v) is 0.498. The molecule has 3 heteroatoms. The van der Waals surface area contributed by atoms with Gasteiger partial charge in [0.15, 0.2) is 0 Å². The largest absolute Gasteiger partial charge is 1.00 e. The molecule has 0 aliphatic heterocycles.